The molecule has 2 aromatic rings. The van der Waals surface area contributed by atoms with Gasteiger partial charge in [-0.3, -0.25) is 4.68 Å². The molecule has 0 saturated heterocycles. The van der Waals surface area contributed by atoms with Gasteiger partial charge < -0.3 is 5.32 Å². The molecule has 0 amide bonds. The number of hydrogen-bond acceptors (Lipinski definition) is 2. The van der Waals surface area contributed by atoms with E-state index in [-0.39, 0.29) is 10.8 Å². The van der Waals surface area contributed by atoms with Gasteiger partial charge in [-0.2, -0.15) is 5.10 Å². The van der Waals surface area contributed by atoms with Gasteiger partial charge in [-0.25, -0.2) is 4.39 Å². The summed E-state index contributed by atoms with van der Waals surface area (Å²) in [6.45, 7) is 1.36. The fourth-order valence-electron chi connectivity index (χ4n) is 2.00. The Labute approximate surface area is 116 Å². The van der Waals surface area contributed by atoms with Crippen LogP contribution in [0.25, 0.3) is 0 Å². The Balaban J connectivity index is 1.71. The molecule has 19 heavy (non-hydrogen) atoms. The van der Waals surface area contributed by atoms with Gasteiger partial charge in [0.25, 0.3) is 0 Å². The second kappa shape index (κ2) is 5.31. The molecule has 1 N–H and O–H groups in total. The zero-order chi connectivity index (χ0) is 13.2. The molecule has 1 aliphatic rings. The molecule has 5 heteroatoms. The van der Waals surface area contributed by atoms with Crippen LogP contribution in [-0.4, -0.2) is 15.8 Å². The van der Waals surface area contributed by atoms with E-state index in [4.69, 9.17) is 11.6 Å². The number of rotatable bonds is 5. The van der Waals surface area contributed by atoms with Crippen LogP contribution in [0.2, 0.25) is 5.02 Å². The van der Waals surface area contributed by atoms with E-state index in [1.54, 1.807) is 12.3 Å². The third-order valence-electron chi connectivity index (χ3n) is 3.27. The van der Waals surface area contributed by atoms with Gasteiger partial charge in [0.2, 0.25) is 0 Å². The van der Waals surface area contributed by atoms with Crippen molar-refractivity contribution in [2.75, 3.05) is 0 Å². The van der Waals surface area contributed by atoms with E-state index >= 15 is 0 Å². The van der Waals surface area contributed by atoms with E-state index in [1.165, 1.54) is 18.9 Å². The van der Waals surface area contributed by atoms with Gasteiger partial charge in [0.15, 0.2) is 0 Å². The van der Waals surface area contributed by atoms with Gasteiger partial charge in [0.05, 0.1) is 17.3 Å². The molecule has 0 spiro atoms. The minimum absolute atomic E-state index is 0.153. The van der Waals surface area contributed by atoms with Crippen LogP contribution in [-0.2, 0) is 13.1 Å². The maximum Gasteiger partial charge on any atom is 0.142 e. The average Bonchev–Trinajstić information content (AvgIpc) is 3.12. The van der Waals surface area contributed by atoms with Crippen molar-refractivity contribution >= 4 is 11.6 Å². The van der Waals surface area contributed by atoms with Crippen LogP contribution in [0.3, 0.4) is 0 Å². The molecule has 1 fully saturated rings. The molecule has 0 atom stereocenters. The second-order valence-electron chi connectivity index (χ2n) is 4.88. The molecule has 1 aromatic heterocycles. The highest BCUT2D eigenvalue weighted by Crippen LogP contribution is 2.20. The fourth-order valence-corrected chi connectivity index (χ4v) is 2.12. The van der Waals surface area contributed by atoms with E-state index in [1.807, 2.05) is 16.8 Å². The van der Waals surface area contributed by atoms with Crippen molar-refractivity contribution in [2.24, 2.45) is 0 Å². The van der Waals surface area contributed by atoms with Gasteiger partial charge in [-0.1, -0.05) is 17.7 Å². The number of benzene rings is 1. The number of nitrogens with zero attached hydrogens (tertiary/aromatic N) is 2. The average molecular weight is 280 g/mol. The Morgan fingerprint density at radius 2 is 2.21 bits per heavy atom. The Bertz CT molecular complexity index is 578. The lowest BCUT2D eigenvalue weighted by molar-refractivity contribution is 0.587. The van der Waals surface area contributed by atoms with Crippen molar-refractivity contribution in [3.05, 3.63) is 52.6 Å². The summed E-state index contributed by atoms with van der Waals surface area (Å²) < 4.78 is 15.3. The van der Waals surface area contributed by atoms with Crippen LogP contribution < -0.4 is 5.32 Å². The predicted molar refractivity (Wildman–Crippen MR) is 72.6 cm³/mol. The zero-order valence-corrected chi connectivity index (χ0v) is 11.2. The second-order valence-corrected chi connectivity index (χ2v) is 5.29. The molecular weight excluding hydrogens is 265 g/mol. The number of halogens is 2. The predicted octanol–water partition coefficient (Wildman–Crippen LogP) is 2.98. The third kappa shape index (κ3) is 3.14. The highest BCUT2D eigenvalue weighted by molar-refractivity contribution is 6.30. The van der Waals surface area contributed by atoms with Crippen LogP contribution in [0.4, 0.5) is 4.39 Å². The molecule has 1 saturated carbocycles. The van der Waals surface area contributed by atoms with Gasteiger partial charge >= 0.3 is 0 Å². The molecule has 1 heterocycles. The molecule has 3 rings (SSSR count). The summed E-state index contributed by atoms with van der Waals surface area (Å²) in [7, 11) is 0. The Kier molecular flexibility index (Phi) is 3.53. The summed E-state index contributed by atoms with van der Waals surface area (Å²) >= 11 is 5.68. The topological polar surface area (TPSA) is 29.9 Å². The van der Waals surface area contributed by atoms with Gasteiger partial charge in [0, 0.05) is 18.8 Å². The molecule has 0 unspecified atom stereocenters. The van der Waals surface area contributed by atoms with E-state index < -0.39 is 0 Å². The summed E-state index contributed by atoms with van der Waals surface area (Å²) in [5.74, 6) is -0.385. The monoisotopic (exact) mass is 279 g/mol. The lowest BCUT2D eigenvalue weighted by Crippen LogP contribution is -2.18. The van der Waals surface area contributed by atoms with E-state index in [9.17, 15) is 4.39 Å². The van der Waals surface area contributed by atoms with Crippen LogP contribution in [0.1, 0.15) is 24.1 Å². The summed E-state index contributed by atoms with van der Waals surface area (Å²) in [6.07, 6.45) is 4.29. The Hall–Kier alpha value is -1.39. The molecule has 100 valence electrons. The van der Waals surface area contributed by atoms with Gasteiger partial charge in [-0.15, -0.1) is 0 Å². The standard InChI is InChI=1S/C14H15ClFN3/c15-13-4-1-10(7-14(13)16)9-19-12(5-6-18-19)8-17-11-2-3-11/h1,4-7,11,17H,2-3,8-9H2. The quantitative estimate of drug-likeness (QED) is 0.912. The summed E-state index contributed by atoms with van der Waals surface area (Å²) in [4.78, 5) is 0. The first-order chi connectivity index (χ1) is 9.22. The van der Waals surface area contributed by atoms with Crippen molar-refractivity contribution in [1.29, 1.82) is 0 Å². The summed E-state index contributed by atoms with van der Waals surface area (Å²) in [6, 6.07) is 7.52. The SMILES string of the molecule is Fc1cc(Cn2nccc2CNC2CC2)ccc1Cl. The van der Waals surface area contributed by atoms with Crippen molar-refractivity contribution in [3.63, 3.8) is 0 Å². The largest absolute Gasteiger partial charge is 0.308 e. The number of hydrogen-bond donors (Lipinski definition) is 1. The van der Waals surface area contributed by atoms with Crippen molar-refractivity contribution in [3.8, 4) is 0 Å². The molecule has 1 aromatic carbocycles. The number of nitrogens with one attached hydrogen (secondary N) is 1. The van der Waals surface area contributed by atoms with Crippen LogP contribution in [0, 0.1) is 5.82 Å². The lowest BCUT2D eigenvalue weighted by Gasteiger charge is -2.09. The smallest absolute Gasteiger partial charge is 0.142 e. The Morgan fingerprint density at radius 1 is 1.37 bits per heavy atom. The first-order valence-electron chi connectivity index (χ1n) is 6.40. The highest BCUT2D eigenvalue weighted by atomic mass is 35.5. The van der Waals surface area contributed by atoms with Crippen LogP contribution in [0.5, 0.6) is 0 Å². The van der Waals surface area contributed by atoms with Crippen LogP contribution >= 0.6 is 11.6 Å². The van der Waals surface area contributed by atoms with Gasteiger partial charge in [0.1, 0.15) is 5.82 Å². The fraction of sp³-hybridized carbons (Fsp3) is 0.357. The summed E-state index contributed by atoms with van der Waals surface area (Å²) in [5, 5.41) is 7.89. The third-order valence-corrected chi connectivity index (χ3v) is 3.58. The Morgan fingerprint density at radius 3 is 2.95 bits per heavy atom. The molecule has 3 nitrogen and oxygen atoms in total. The number of aromatic nitrogens is 2. The van der Waals surface area contributed by atoms with E-state index in [2.05, 4.69) is 10.4 Å². The molecule has 0 bridgehead atoms. The van der Waals surface area contributed by atoms with Gasteiger partial charge in [-0.05, 0) is 36.6 Å². The van der Waals surface area contributed by atoms with Crippen LogP contribution in [0.15, 0.2) is 30.5 Å². The van der Waals surface area contributed by atoms with Crippen molar-refractivity contribution in [1.82, 2.24) is 15.1 Å². The van der Waals surface area contributed by atoms with E-state index in [0.717, 1.165) is 17.8 Å². The lowest BCUT2D eigenvalue weighted by atomic mass is 10.2. The first kappa shape index (κ1) is 12.6. The summed E-state index contributed by atoms with van der Waals surface area (Å²) in [5.41, 5.74) is 1.97. The maximum atomic E-state index is 13.4. The zero-order valence-electron chi connectivity index (χ0n) is 10.4. The molecule has 0 aliphatic heterocycles. The molecule has 0 radical (unpaired) electrons. The minimum atomic E-state index is -0.385. The maximum absolute atomic E-state index is 13.4. The first-order valence-corrected chi connectivity index (χ1v) is 6.78. The highest BCUT2D eigenvalue weighted by Gasteiger charge is 2.20. The molecular formula is C14H15ClFN3. The van der Waals surface area contributed by atoms with Crippen molar-refractivity contribution < 1.29 is 4.39 Å². The minimum Gasteiger partial charge on any atom is -0.308 e. The molecule has 1 aliphatic carbocycles. The van der Waals surface area contributed by atoms with E-state index in [0.29, 0.717) is 12.6 Å². The normalized spacial score (nSPS) is 14.8. The van der Waals surface area contributed by atoms with Crippen molar-refractivity contribution in [2.45, 2.75) is 32.0 Å².